The molecule has 0 unspecified atom stereocenters. The summed E-state index contributed by atoms with van der Waals surface area (Å²) in [5.41, 5.74) is 1.57. The Balaban J connectivity index is 1.82. The van der Waals surface area contributed by atoms with E-state index >= 15 is 0 Å². The van der Waals surface area contributed by atoms with Crippen LogP contribution in [0.1, 0.15) is 54.1 Å². The summed E-state index contributed by atoms with van der Waals surface area (Å²) in [5.74, 6) is 0.908. The van der Waals surface area contributed by atoms with Crippen molar-refractivity contribution in [3.63, 3.8) is 0 Å². The van der Waals surface area contributed by atoms with Gasteiger partial charge in [-0.25, -0.2) is 9.97 Å². The van der Waals surface area contributed by atoms with Gasteiger partial charge in [0.2, 0.25) is 5.91 Å². The number of anilines is 1. The summed E-state index contributed by atoms with van der Waals surface area (Å²) in [5, 5.41) is 2.84. The van der Waals surface area contributed by atoms with Crippen LogP contribution in [0.15, 0.2) is 30.5 Å². The number of nitrogens with zero attached hydrogens (tertiary/aromatic N) is 3. The topological polar surface area (TPSA) is 84.4 Å². The predicted octanol–water partition coefficient (Wildman–Crippen LogP) is 3.12. The highest BCUT2D eigenvalue weighted by atomic mass is 16.5. The summed E-state index contributed by atoms with van der Waals surface area (Å²) in [6.45, 7) is 4.07. The SMILES string of the molecule is COc1ccccc1NC(=O)c1cnc([C@H]2CCCCN2C(C)=O)nc1C. The quantitative estimate of drug-likeness (QED) is 0.896. The van der Waals surface area contributed by atoms with Gasteiger partial charge in [0.15, 0.2) is 5.82 Å². The van der Waals surface area contributed by atoms with Crippen LogP contribution in [0.5, 0.6) is 5.75 Å². The van der Waals surface area contributed by atoms with E-state index in [1.54, 1.807) is 33.1 Å². The number of ether oxygens (including phenoxy) is 1. The molecular weight excluding hydrogens is 344 g/mol. The van der Waals surface area contributed by atoms with E-state index < -0.39 is 0 Å². The first-order valence-corrected chi connectivity index (χ1v) is 9.06. The summed E-state index contributed by atoms with van der Waals surface area (Å²) < 4.78 is 5.26. The van der Waals surface area contributed by atoms with Crippen LogP contribution >= 0.6 is 0 Å². The second kappa shape index (κ2) is 8.16. The maximum absolute atomic E-state index is 12.7. The largest absolute Gasteiger partial charge is 0.495 e. The smallest absolute Gasteiger partial charge is 0.259 e. The summed E-state index contributed by atoms with van der Waals surface area (Å²) in [6, 6.07) is 7.09. The molecule has 1 N–H and O–H groups in total. The lowest BCUT2D eigenvalue weighted by molar-refractivity contribution is -0.132. The molecule has 1 atom stereocenters. The van der Waals surface area contributed by atoms with Crippen molar-refractivity contribution in [2.75, 3.05) is 19.0 Å². The van der Waals surface area contributed by atoms with Gasteiger partial charge in [-0.15, -0.1) is 0 Å². The summed E-state index contributed by atoms with van der Waals surface area (Å²) in [7, 11) is 1.55. The standard InChI is InChI=1S/C20H24N4O3/c1-13-15(20(26)23-16-8-4-5-10-18(16)27-3)12-21-19(22-13)17-9-6-7-11-24(17)14(2)25/h4-5,8,10,12,17H,6-7,9,11H2,1-3H3,(H,23,26)/t17-/m1/s1. The molecule has 1 aromatic heterocycles. The van der Waals surface area contributed by atoms with Gasteiger partial charge in [0.25, 0.3) is 5.91 Å². The molecule has 0 spiro atoms. The number of likely N-dealkylation sites (tertiary alicyclic amines) is 1. The monoisotopic (exact) mass is 368 g/mol. The molecule has 27 heavy (non-hydrogen) atoms. The molecule has 3 rings (SSSR count). The minimum atomic E-state index is -0.296. The summed E-state index contributed by atoms with van der Waals surface area (Å²) in [4.78, 5) is 35.3. The molecule has 1 aliphatic rings. The van der Waals surface area contributed by atoms with Gasteiger partial charge >= 0.3 is 0 Å². The van der Waals surface area contributed by atoms with Crippen LogP contribution in [0.3, 0.4) is 0 Å². The second-order valence-electron chi connectivity index (χ2n) is 6.61. The average Bonchev–Trinajstić information content (AvgIpc) is 2.68. The van der Waals surface area contributed by atoms with Crippen molar-refractivity contribution in [2.24, 2.45) is 0 Å². The van der Waals surface area contributed by atoms with Crippen molar-refractivity contribution >= 4 is 17.5 Å². The third kappa shape index (κ3) is 4.07. The molecule has 7 nitrogen and oxygen atoms in total. The first-order valence-electron chi connectivity index (χ1n) is 9.06. The predicted molar refractivity (Wildman–Crippen MR) is 102 cm³/mol. The third-order valence-corrected chi connectivity index (χ3v) is 4.80. The minimum absolute atomic E-state index is 0.0268. The Morgan fingerprint density at radius 3 is 2.74 bits per heavy atom. The molecule has 0 bridgehead atoms. The Hall–Kier alpha value is -2.96. The molecule has 1 aliphatic heterocycles. The van der Waals surface area contributed by atoms with Crippen LogP contribution in [-0.4, -0.2) is 40.3 Å². The highest BCUT2D eigenvalue weighted by Gasteiger charge is 2.28. The number of nitrogens with one attached hydrogen (secondary N) is 1. The van der Waals surface area contributed by atoms with Gasteiger partial charge in [0.1, 0.15) is 5.75 Å². The lowest BCUT2D eigenvalue weighted by atomic mass is 10.0. The molecule has 2 aromatic rings. The Morgan fingerprint density at radius 2 is 2.04 bits per heavy atom. The van der Waals surface area contributed by atoms with Gasteiger partial charge in [0.05, 0.1) is 30.1 Å². The van der Waals surface area contributed by atoms with Gasteiger partial charge < -0.3 is 15.0 Å². The number of methoxy groups -OCH3 is 1. The van der Waals surface area contributed by atoms with Crippen molar-refractivity contribution < 1.29 is 14.3 Å². The van der Waals surface area contributed by atoms with E-state index in [0.717, 1.165) is 25.8 Å². The number of carbonyl (C=O) groups excluding carboxylic acids is 2. The van der Waals surface area contributed by atoms with Gasteiger partial charge in [0, 0.05) is 19.7 Å². The van der Waals surface area contributed by atoms with Crippen molar-refractivity contribution in [1.82, 2.24) is 14.9 Å². The molecule has 1 aromatic carbocycles. The molecule has 2 amide bonds. The maximum atomic E-state index is 12.7. The molecule has 142 valence electrons. The van der Waals surface area contributed by atoms with Gasteiger partial charge in [-0.1, -0.05) is 12.1 Å². The molecule has 7 heteroatoms. The van der Waals surface area contributed by atoms with Crippen LogP contribution in [-0.2, 0) is 4.79 Å². The van der Waals surface area contributed by atoms with E-state index in [0.29, 0.717) is 28.5 Å². The average molecular weight is 368 g/mol. The Bertz CT molecular complexity index is 853. The zero-order valence-corrected chi connectivity index (χ0v) is 15.9. The first-order chi connectivity index (χ1) is 13.0. The van der Waals surface area contributed by atoms with Crippen LogP contribution in [0.4, 0.5) is 5.69 Å². The highest BCUT2D eigenvalue weighted by Crippen LogP contribution is 2.29. The number of carbonyl (C=O) groups is 2. The number of hydrogen-bond donors (Lipinski definition) is 1. The highest BCUT2D eigenvalue weighted by molar-refractivity contribution is 6.05. The van der Waals surface area contributed by atoms with Gasteiger partial charge in [-0.3, -0.25) is 9.59 Å². The van der Waals surface area contributed by atoms with E-state index in [9.17, 15) is 9.59 Å². The normalized spacial score (nSPS) is 16.7. The molecule has 0 saturated carbocycles. The van der Waals surface area contributed by atoms with Crippen molar-refractivity contribution in [1.29, 1.82) is 0 Å². The van der Waals surface area contributed by atoms with E-state index in [1.165, 1.54) is 6.20 Å². The van der Waals surface area contributed by atoms with E-state index in [1.807, 2.05) is 17.0 Å². The van der Waals surface area contributed by atoms with E-state index in [4.69, 9.17) is 4.74 Å². The van der Waals surface area contributed by atoms with E-state index in [-0.39, 0.29) is 17.9 Å². The zero-order valence-electron chi connectivity index (χ0n) is 15.9. The Kier molecular flexibility index (Phi) is 5.69. The number of piperidine rings is 1. The number of benzene rings is 1. The fourth-order valence-electron chi connectivity index (χ4n) is 3.38. The number of hydrogen-bond acceptors (Lipinski definition) is 5. The molecular formula is C20H24N4O3. The van der Waals surface area contributed by atoms with Crippen molar-refractivity contribution in [2.45, 2.75) is 39.2 Å². The molecule has 0 aliphatic carbocycles. The first kappa shape index (κ1) is 18.8. The second-order valence-corrected chi connectivity index (χ2v) is 6.61. The lowest BCUT2D eigenvalue weighted by Crippen LogP contribution is -2.38. The van der Waals surface area contributed by atoms with Gasteiger partial charge in [-0.05, 0) is 38.3 Å². The summed E-state index contributed by atoms with van der Waals surface area (Å²) in [6.07, 6.45) is 4.41. The molecule has 1 saturated heterocycles. The Morgan fingerprint density at radius 1 is 1.26 bits per heavy atom. The number of para-hydroxylation sites is 2. The lowest BCUT2D eigenvalue weighted by Gasteiger charge is -2.34. The number of aryl methyl sites for hydroxylation is 1. The van der Waals surface area contributed by atoms with Crippen LogP contribution < -0.4 is 10.1 Å². The van der Waals surface area contributed by atoms with Crippen molar-refractivity contribution in [3.05, 3.63) is 47.5 Å². The zero-order chi connectivity index (χ0) is 19.4. The van der Waals surface area contributed by atoms with E-state index in [2.05, 4.69) is 15.3 Å². The maximum Gasteiger partial charge on any atom is 0.259 e. The molecule has 2 heterocycles. The summed E-state index contributed by atoms with van der Waals surface area (Å²) >= 11 is 0. The minimum Gasteiger partial charge on any atom is -0.495 e. The van der Waals surface area contributed by atoms with Crippen LogP contribution in [0, 0.1) is 6.92 Å². The fraction of sp³-hybridized carbons (Fsp3) is 0.400. The number of amides is 2. The van der Waals surface area contributed by atoms with Crippen molar-refractivity contribution in [3.8, 4) is 5.75 Å². The van der Waals surface area contributed by atoms with Crippen LogP contribution in [0.2, 0.25) is 0 Å². The number of rotatable bonds is 4. The van der Waals surface area contributed by atoms with Gasteiger partial charge in [-0.2, -0.15) is 0 Å². The molecule has 0 radical (unpaired) electrons. The number of aromatic nitrogens is 2. The fourth-order valence-corrected chi connectivity index (χ4v) is 3.38. The third-order valence-electron chi connectivity index (χ3n) is 4.80. The van der Waals surface area contributed by atoms with Crippen LogP contribution in [0.25, 0.3) is 0 Å². The Labute approximate surface area is 158 Å². The molecule has 1 fully saturated rings.